The molecule has 0 saturated heterocycles. The van der Waals surface area contributed by atoms with Crippen molar-refractivity contribution in [2.24, 2.45) is 4.99 Å². The number of para-hydroxylation sites is 2. The van der Waals surface area contributed by atoms with E-state index in [1.807, 2.05) is 49.4 Å². The first-order valence-corrected chi connectivity index (χ1v) is 11.2. The number of benzene rings is 2. The topological polar surface area (TPSA) is 61.8 Å². The lowest BCUT2D eigenvalue weighted by atomic mass is 10.2. The minimum absolute atomic E-state index is 0.112. The zero-order valence-electron chi connectivity index (χ0n) is 16.0. The van der Waals surface area contributed by atoms with E-state index >= 15 is 0 Å². The lowest BCUT2D eigenvalue weighted by Crippen LogP contribution is -2.38. The molecule has 0 bridgehead atoms. The molecule has 0 aliphatic carbocycles. The van der Waals surface area contributed by atoms with Crippen molar-refractivity contribution in [1.29, 1.82) is 0 Å². The SMILES string of the molecule is Cc1ccc(Cl)cc1NC(=O)CN1C(=O)CC(c2ccc(Br)s2)=Nc2ccccc21. The molecular weight excluding hydrogens is 486 g/mol. The normalized spacial score (nSPS) is 13.5. The molecule has 5 nitrogen and oxygen atoms in total. The summed E-state index contributed by atoms with van der Waals surface area (Å²) < 4.78 is 0.971. The van der Waals surface area contributed by atoms with Gasteiger partial charge in [0.15, 0.2) is 0 Å². The highest BCUT2D eigenvalue weighted by atomic mass is 79.9. The van der Waals surface area contributed by atoms with Gasteiger partial charge in [-0.1, -0.05) is 29.8 Å². The van der Waals surface area contributed by atoms with Gasteiger partial charge in [-0.05, 0) is 64.8 Å². The summed E-state index contributed by atoms with van der Waals surface area (Å²) in [5.74, 6) is -0.480. The maximum absolute atomic E-state index is 13.1. The number of aryl methyl sites for hydroxylation is 1. The molecule has 1 aliphatic rings. The Morgan fingerprint density at radius 1 is 1.23 bits per heavy atom. The maximum atomic E-state index is 13.1. The van der Waals surface area contributed by atoms with Crippen LogP contribution in [0.2, 0.25) is 5.02 Å². The molecule has 2 aromatic carbocycles. The molecule has 3 aromatic rings. The highest BCUT2D eigenvalue weighted by molar-refractivity contribution is 9.11. The molecule has 1 aromatic heterocycles. The molecule has 2 amide bonds. The average Bonchev–Trinajstić information content (AvgIpc) is 3.09. The number of rotatable bonds is 4. The van der Waals surface area contributed by atoms with Crippen molar-refractivity contribution in [3.8, 4) is 0 Å². The summed E-state index contributed by atoms with van der Waals surface area (Å²) in [7, 11) is 0. The Morgan fingerprint density at radius 2 is 2.03 bits per heavy atom. The van der Waals surface area contributed by atoms with Crippen LogP contribution in [0.4, 0.5) is 17.1 Å². The number of carbonyl (C=O) groups excluding carboxylic acids is 2. The van der Waals surface area contributed by atoms with E-state index in [2.05, 4.69) is 21.2 Å². The predicted molar refractivity (Wildman–Crippen MR) is 126 cm³/mol. The van der Waals surface area contributed by atoms with Gasteiger partial charge in [0.05, 0.1) is 32.2 Å². The largest absolute Gasteiger partial charge is 0.324 e. The van der Waals surface area contributed by atoms with Crippen LogP contribution in [0.1, 0.15) is 16.9 Å². The van der Waals surface area contributed by atoms with E-state index in [0.717, 1.165) is 14.2 Å². The highest BCUT2D eigenvalue weighted by Gasteiger charge is 2.27. The van der Waals surface area contributed by atoms with Crippen molar-refractivity contribution < 1.29 is 9.59 Å². The van der Waals surface area contributed by atoms with Gasteiger partial charge in [-0.15, -0.1) is 11.3 Å². The third kappa shape index (κ3) is 4.48. The molecule has 0 atom stereocenters. The lowest BCUT2D eigenvalue weighted by Gasteiger charge is -2.22. The minimum Gasteiger partial charge on any atom is -0.324 e. The first-order chi connectivity index (χ1) is 14.4. The Bertz CT molecular complexity index is 1170. The Balaban J connectivity index is 1.61. The van der Waals surface area contributed by atoms with Crippen molar-refractivity contribution in [1.82, 2.24) is 0 Å². The monoisotopic (exact) mass is 501 g/mol. The van der Waals surface area contributed by atoms with Crippen LogP contribution in [0, 0.1) is 6.92 Å². The van der Waals surface area contributed by atoms with Gasteiger partial charge >= 0.3 is 0 Å². The number of nitrogens with one attached hydrogen (secondary N) is 1. The standard InChI is InChI=1S/C22H17BrClN3O2S/c1-13-6-7-14(24)10-16(13)26-21(28)12-27-18-5-3-2-4-15(18)25-17(11-22(27)29)19-8-9-20(23)30-19/h2-10H,11-12H2,1H3,(H,26,28). The fourth-order valence-electron chi connectivity index (χ4n) is 3.19. The van der Waals surface area contributed by atoms with Crippen molar-refractivity contribution in [2.75, 3.05) is 16.8 Å². The number of amides is 2. The van der Waals surface area contributed by atoms with Crippen molar-refractivity contribution >= 4 is 73.5 Å². The van der Waals surface area contributed by atoms with Crippen molar-refractivity contribution in [2.45, 2.75) is 13.3 Å². The number of hydrogen-bond acceptors (Lipinski definition) is 4. The van der Waals surface area contributed by atoms with E-state index < -0.39 is 0 Å². The number of thiophene rings is 1. The molecule has 4 rings (SSSR count). The molecule has 152 valence electrons. The van der Waals surface area contributed by atoms with E-state index in [1.165, 1.54) is 16.2 Å². The van der Waals surface area contributed by atoms with Gasteiger partial charge in [0.25, 0.3) is 0 Å². The lowest BCUT2D eigenvalue weighted by molar-refractivity contribution is -0.120. The van der Waals surface area contributed by atoms with E-state index in [1.54, 1.807) is 12.1 Å². The van der Waals surface area contributed by atoms with Crippen molar-refractivity contribution in [3.05, 3.63) is 73.8 Å². The second-order valence-corrected chi connectivity index (χ2v) is 9.71. The summed E-state index contributed by atoms with van der Waals surface area (Å²) in [6.07, 6.45) is 0.116. The van der Waals surface area contributed by atoms with Gasteiger partial charge in [0.2, 0.25) is 11.8 Å². The van der Waals surface area contributed by atoms with Crippen LogP contribution in [-0.2, 0) is 9.59 Å². The second-order valence-electron chi connectivity index (χ2n) is 6.82. The molecule has 1 N–H and O–H groups in total. The van der Waals surface area contributed by atoms with Crippen LogP contribution in [-0.4, -0.2) is 24.1 Å². The zero-order chi connectivity index (χ0) is 21.3. The molecule has 8 heteroatoms. The van der Waals surface area contributed by atoms with Gasteiger partial charge in [0.1, 0.15) is 6.54 Å². The van der Waals surface area contributed by atoms with Gasteiger partial charge in [-0.25, -0.2) is 4.99 Å². The molecule has 2 heterocycles. The second kappa shape index (κ2) is 8.71. The molecule has 0 saturated carbocycles. The van der Waals surface area contributed by atoms with E-state index in [0.29, 0.717) is 27.8 Å². The minimum atomic E-state index is -0.300. The fraction of sp³-hybridized carbons (Fsp3) is 0.136. The first-order valence-electron chi connectivity index (χ1n) is 9.19. The molecule has 0 spiro atoms. The predicted octanol–water partition coefficient (Wildman–Crippen LogP) is 5.97. The fourth-order valence-corrected chi connectivity index (χ4v) is 4.74. The van der Waals surface area contributed by atoms with Gasteiger partial charge < -0.3 is 10.2 Å². The smallest absolute Gasteiger partial charge is 0.244 e. The Kier molecular flexibility index (Phi) is 6.04. The summed E-state index contributed by atoms with van der Waals surface area (Å²) >= 11 is 11.0. The van der Waals surface area contributed by atoms with Gasteiger partial charge in [0, 0.05) is 10.7 Å². The molecule has 0 radical (unpaired) electrons. The summed E-state index contributed by atoms with van der Waals surface area (Å²) in [5.41, 5.74) is 3.49. The summed E-state index contributed by atoms with van der Waals surface area (Å²) in [6, 6.07) is 16.5. The van der Waals surface area contributed by atoms with Crippen LogP contribution >= 0.6 is 38.9 Å². The summed E-state index contributed by atoms with van der Waals surface area (Å²) in [5, 5.41) is 3.39. The number of fused-ring (bicyclic) bond motifs is 1. The highest BCUT2D eigenvalue weighted by Crippen LogP contribution is 2.34. The van der Waals surface area contributed by atoms with Gasteiger partial charge in [-0.2, -0.15) is 0 Å². The quantitative estimate of drug-likeness (QED) is 0.478. The third-order valence-corrected chi connectivity index (χ3v) is 6.59. The number of halogens is 2. The van der Waals surface area contributed by atoms with Crippen LogP contribution < -0.4 is 10.2 Å². The molecule has 30 heavy (non-hydrogen) atoms. The molecule has 0 unspecified atom stereocenters. The maximum Gasteiger partial charge on any atom is 0.244 e. The molecule has 1 aliphatic heterocycles. The number of aliphatic imine (C=N–C) groups is 1. The van der Waals surface area contributed by atoms with Crippen LogP contribution in [0.15, 0.2) is 63.4 Å². The number of carbonyl (C=O) groups is 2. The zero-order valence-corrected chi connectivity index (χ0v) is 19.1. The molecular formula is C22H17BrClN3O2S. The van der Waals surface area contributed by atoms with Crippen molar-refractivity contribution in [3.63, 3.8) is 0 Å². The van der Waals surface area contributed by atoms with Crippen LogP contribution in [0.5, 0.6) is 0 Å². The van der Waals surface area contributed by atoms with Gasteiger partial charge in [-0.3, -0.25) is 9.59 Å². The van der Waals surface area contributed by atoms with E-state index in [4.69, 9.17) is 16.6 Å². The van der Waals surface area contributed by atoms with Crippen LogP contribution in [0.3, 0.4) is 0 Å². The van der Waals surface area contributed by atoms with Crippen LogP contribution in [0.25, 0.3) is 0 Å². The molecule has 0 fully saturated rings. The Hall–Kier alpha value is -2.48. The summed E-state index contributed by atoms with van der Waals surface area (Å²) in [6.45, 7) is 1.77. The Morgan fingerprint density at radius 3 is 2.80 bits per heavy atom. The number of anilines is 2. The average molecular weight is 503 g/mol. The Labute approximate surface area is 191 Å². The number of nitrogens with zero attached hydrogens (tertiary/aromatic N) is 2. The first kappa shape index (κ1) is 20.8. The van der Waals surface area contributed by atoms with E-state index in [9.17, 15) is 9.59 Å². The summed E-state index contributed by atoms with van der Waals surface area (Å²) in [4.78, 5) is 33.0. The van der Waals surface area contributed by atoms with E-state index in [-0.39, 0.29) is 24.8 Å². The number of hydrogen-bond donors (Lipinski definition) is 1. The third-order valence-electron chi connectivity index (χ3n) is 4.68.